The van der Waals surface area contributed by atoms with Crippen LogP contribution >= 0.6 is 11.6 Å². The minimum Gasteiger partial charge on any atom is -0.320 e. The molecule has 3 aromatic heterocycles. The molecular weight excluding hydrogens is 632 g/mol. The van der Waals surface area contributed by atoms with Gasteiger partial charge in [0.25, 0.3) is 11.8 Å². The fourth-order valence-corrected chi connectivity index (χ4v) is 4.21. The molecule has 0 fully saturated rings. The fourth-order valence-electron chi connectivity index (χ4n) is 4.01. The van der Waals surface area contributed by atoms with Crippen LogP contribution in [-0.2, 0) is 12.5 Å². The van der Waals surface area contributed by atoms with Gasteiger partial charge in [0, 0.05) is 13.2 Å². The summed E-state index contributed by atoms with van der Waals surface area (Å²) in [6.07, 6.45) is -5.24. The van der Waals surface area contributed by atoms with Crippen LogP contribution in [0.5, 0.6) is 0 Å². The van der Waals surface area contributed by atoms with Crippen LogP contribution in [0.2, 0.25) is 5.02 Å². The predicted molar refractivity (Wildman–Crippen MR) is 137 cm³/mol. The van der Waals surface area contributed by atoms with Gasteiger partial charge in [-0.3, -0.25) is 9.59 Å². The normalized spacial score (nSPS) is 12.4. The number of anilines is 1. The first-order chi connectivity index (χ1) is 20.3. The van der Waals surface area contributed by atoms with Gasteiger partial charge in [0.2, 0.25) is 0 Å². The molecule has 0 unspecified atom stereocenters. The third-order valence-corrected chi connectivity index (χ3v) is 6.37. The average molecular weight is 651 g/mol. The van der Waals surface area contributed by atoms with Crippen molar-refractivity contribution in [2.24, 2.45) is 0 Å². The zero-order valence-electron chi connectivity index (χ0n) is 22.6. The second-order valence-electron chi connectivity index (χ2n) is 9.39. The van der Waals surface area contributed by atoms with E-state index in [2.05, 4.69) is 25.6 Å². The number of aromatic nitrogens is 6. The zero-order valence-corrected chi connectivity index (χ0v) is 23.4. The molecule has 0 radical (unpaired) electrons. The van der Waals surface area contributed by atoms with Crippen molar-refractivity contribution < 1.29 is 44.8 Å². The number of hydrogen-bond acceptors (Lipinski definition) is 6. The second-order valence-corrected chi connectivity index (χ2v) is 9.80. The molecule has 2 amide bonds. The summed E-state index contributed by atoms with van der Waals surface area (Å²) in [5.74, 6) is -14.3. The summed E-state index contributed by atoms with van der Waals surface area (Å²) in [6, 6.07) is 6.90. The molecule has 44 heavy (non-hydrogen) atoms. The van der Waals surface area contributed by atoms with Crippen molar-refractivity contribution in [3.8, 4) is 5.82 Å². The minimum absolute atomic E-state index is 0.00818. The van der Waals surface area contributed by atoms with Crippen LogP contribution in [0.25, 0.3) is 5.82 Å². The molecule has 3 heterocycles. The number of halogens is 9. The minimum atomic E-state index is -6.58. The first-order valence-corrected chi connectivity index (χ1v) is 12.5. The number of amides is 2. The molecular formula is C25H19ClF8N8O2. The van der Waals surface area contributed by atoms with Crippen LogP contribution < -0.4 is 5.32 Å². The van der Waals surface area contributed by atoms with Crippen molar-refractivity contribution in [3.63, 3.8) is 0 Å². The molecule has 0 saturated carbocycles. The summed E-state index contributed by atoms with van der Waals surface area (Å²) in [5.41, 5.74) is -1.72. The molecule has 0 atom stereocenters. The van der Waals surface area contributed by atoms with Gasteiger partial charge in [0.1, 0.15) is 12.2 Å². The quantitative estimate of drug-likeness (QED) is 0.194. The lowest BCUT2D eigenvalue weighted by Crippen LogP contribution is -2.50. The Hall–Kier alpha value is -4.61. The molecule has 19 heteroatoms. The van der Waals surface area contributed by atoms with E-state index in [1.165, 1.54) is 24.4 Å². The van der Waals surface area contributed by atoms with E-state index in [0.717, 1.165) is 17.8 Å². The Morgan fingerprint density at radius 3 is 2.34 bits per heavy atom. The Morgan fingerprint density at radius 1 is 1.05 bits per heavy atom. The van der Waals surface area contributed by atoms with Crippen LogP contribution in [0.1, 0.15) is 43.4 Å². The van der Waals surface area contributed by atoms with Gasteiger partial charge in [0.15, 0.2) is 11.5 Å². The SMILES string of the molecule is Cc1cc(C)c(NC(=O)c2cc(Cn3ncc(C(F)(F)C(F)(F)C(F)(F)F)n3)nn2-c2ncccc2Cl)c(C(=O)N(C)F)c1. The van der Waals surface area contributed by atoms with Crippen molar-refractivity contribution in [1.29, 1.82) is 0 Å². The monoisotopic (exact) mass is 650 g/mol. The molecule has 0 aliphatic heterocycles. The van der Waals surface area contributed by atoms with E-state index in [-0.39, 0.29) is 44.8 Å². The number of carbonyl (C=O) groups excluding carboxylic acids is 2. The highest BCUT2D eigenvalue weighted by atomic mass is 35.5. The van der Waals surface area contributed by atoms with E-state index in [1.807, 2.05) is 0 Å². The van der Waals surface area contributed by atoms with Crippen molar-refractivity contribution >= 4 is 29.1 Å². The lowest BCUT2D eigenvalue weighted by molar-refractivity contribution is -0.360. The maximum absolute atomic E-state index is 14.1. The predicted octanol–water partition coefficient (Wildman–Crippen LogP) is 5.68. The summed E-state index contributed by atoms with van der Waals surface area (Å²) in [4.78, 5) is 30.4. The summed E-state index contributed by atoms with van der Waals surface area (Å²) in [7, 11) is 0.866. The fraction of sp³-hybridized carbons (Fsp3) is 0.280. The number of aryl methyl sites for hydroxylation is 2. The van der Waals surface area contributed by atoms with Crippen molar-refractivity contribution in [1.82, 2.24) is 34.9 Å². The number of rotatable bonds is 8. The third kappa shape index (κ3) is 5.93. The molecule has 1 aromatic carbocycles. The first kappa shape index (κ1) is 32.3. The Morgan fingerprint density at radius 2 is 1.73 bits per heavy atom. The molecule has 4 aromatic rings. The Balaban J connectivity index is 1.74. The number of hydrogen-bond donors (Lipinski definition) is 1. The summed E-state index contributed by atoms with van der Waals surface area (Å²) < 4.78 is 108. The van der Waals surface area contributed by atoms with Gasteiger partial charge < -0.3 is 5.32 Å². The van der Waals surface area contributed by atoms with Crippen molar-refractivity contribution in [2.45, 2.75) is 38.4 Å². The molecule has 0 spiro atoms. The van der Waals surface area contributed by atoms with Crippen LogP contribution in [-0.4, -0.2) is 65.8 Å². The molecule has 234 valence electrons. The molecule has 0 aliphatic rings. The number of carbonyl (C=O) groups is 2. The number of nitrogens with zero attached hydrogens (tertiary/aromatic N) is 7. The van der Waals surface area contributed by atoms with E-state index in [9.17, 15) is 44.8 Å². The first-order valence-electron chi connectivity index (χ1n) is 12.1. The maximum atomic E-state index is 14.1. The van der Waals surface area contributed by atoms with Crippen LogP contribution in [0, 0.1) is 13.8 Å². The van der Waals surface area contributed by atoms with Crippen LogP contribution in [0.3, 0.4) is 0 Å². The summed E-state index contributed by atoms with van der Waals surface area (Å²) in [6.45, 7) is 2.51. The molecule has 10 nitrogen and oxygen atoms in total. The number of alkyl halides is 7. The standard InChI is InChI=1S/C25H19ClF8N8O2/c1-12-7-13(2)19(15(8-12)22(44)40(3)34)37-21(43)17-9-14(38-42(17)20-16(26)5-4-6-35-20)11-41-36-10-18(39-41)23(27,28)24(29,30)25(31,32)33/h4-10H,11H2,1-3H3,(H,37,43). The molecule has 0 saturated heterocycles. The number of nitrogens with one attached hydrogen (secondary N) is 1. The van der Waals surface area contributed by atoms with E-state index in [4.69, 9.17) is 11.6 Å². The second kappa shape index (κ2) is 11.5. The van der Waals surface area contributed by atoms with E-state index < -0.39 is 42.1 Å². The van der Waals surface area contributed by atoms with Gasteiger partial charge in [-0.15, -0.1) is 0 Å². The highest BCUT2D eigenvalue weighted by Crippen LogP contribution is 2.51. The number of pyridine rings is 1. The maximum Gasteiger partial charge on any atom is 0.460 e. The highest BCUT2D eigenvalue weighted by molar-refractivity contribution is 6.32. The number of benzene rings is 1. The third-order valence-electron chi connectivity index (χ3n) is 6.07. The van der Waals surface area contributed by atoms with Gasteiger partial charge in [-0.1, -0.05) is 22.1 Å². The summed E-state index contributed by atoms with van der Waals surface area (Å²) in [5, 5.41) is 12.9. The zero-order chi connectivity index (χ0) is 32.8. The van der Waals surface area contributed by atoms with Gasteiger partial charge >= 0.3 is 18.0 Å². The van der Waals surface area contributed by atoms with Crippen molar-refractivity contribution in [3.05, 3.63) is 81.5 Å². The van der Waals surface area contributed by atoms with Gasteiger partial charge in [-0.05, 0) is 49.2 Å². The van der Waals surface area contributed by atoms with Gasteiger partial charge in [0.05, 0.1) is 28.2 Å². The largest absolute Gasteiger partial charge is 0.460 e. The smallest absolute Gasteiger partial charge is 0.320 e. The van der Waals surface area contributed by atoms with E-state index in [0.29, 0.717) is 15.9 Å². The molecule has 4 rings (SSSR count). The van der Waals surface area contributed by atoms with Crippen LogP contribution in [0.4, 0.5) is 40.9 Å². The van der Waals surface area contributed by atoms with E-state index in [1.54, 1.807) is 19.9 Å². The lowest BCUT2D eigenvalue weighted by Gasteiger charge is -2.26. The summed E-state index contributed by atoms with van der Waals surface area (Å²) >= 11 is 6.22. The van der Waals surface area contributed by atoms with Gasteiger partial charge in [-0.25, -0.2) is 9.67 Å². The van der Waals surface area contributed by atoms with Gasteiger partial charge in [-0.2, -0.15) is 55.9 Å². The molecule has 0 bridgehead atoms. The van der Waals surface area contributed by atoms with E-state index >= 15 is 0 Å². The topological polar surface area (TPSA) is 111 Å². The van der Waals surface area contributed by atoms with Crippen molar-refractivity contribution in [2.75, 3.05) is 12.4 Å². The average Bonchev–Trinajstić information content (AvgIpc) is 3.57. The molecule has 0 aliphatic carbocycles. The molecule has 1 N–H and O–H groups in total. The lowest BCUT2D eigenvalue weighted by atomic mass is 10.0. The Bertz CT molecular complexity index is 1740. The highest BCUT2D eigenvalue weighted by Gasteiger charge is 2.74. The van der Waals surface area contributed by atoms with Crippen LogP contribution in [0.15, 0.2) is 42.7 Å². The Labute approximate surface area is 247 Å². The Kier molecular flexibility index (Phi) is 8.43.